The van der Waals surface area contributed by atoms with Gasteiger partial charge in [-0.15, -0.1) is 16.7 Å². The highest BCUT2D eigenvalue weighted by molar-refractivity contribution is 5.81. The van der Waals surface area contributed by atoms with E-state index in [4.69, 9.17) is 20.6 Å². The van der Waals surface area contributed by atoms with E-state index in [1.165, 1.54) is 6.07 Å². The number of fused-ring (bicyclic) bond motifs is 3. The topological polar surface area (TPSA) is 136 Å². The number of carboxylic acid groups (broad SMARTS) is 1. The molecule has 3 aromatic carbocycles. The number of hydrogen-bond acceptors (Lipinski definition) is 8. The van der Waals surface area contributed by atoms with Crippen LogP contribution in [0.5, 0.6) is 0 Å². The number of hydrogen-bond donors (Lipinski definition) is 2. The van der Waals surface area contributed by atoms with Crippen LogP contribution in [0.1, 0.15) is 53.0 Å². The molecule has 1 unspecified atom stereocenters. The summed E-state index contributed by atoms with van der Waals surface area (Å²) >= 11 is 0. The smallest absolute Gasteiger partial charge is 0.480 e. The summed E-state index contributed by atoms with van der Waals surface area (Å²) in [5.74, 6) is 0.849. The Labute approximate surface area is 261 Å². The zero-order valence-electron chi connectivity index (χ0n) is 24.3. The molecule has 0 radical (unpaired) electrons. The molecule has 1 amide bonds. The lowest BCUT2D eigenvalue weighted by molar-refractivity contribution is -0.166. The van der Waals surface area contributed by atoms with Crippen molar-refractivity contribution in [3.8, 4) is 23.5 Å². The van der Waals surface area contributed by atoms with E-state index < -0.39 is 36.1 Å². The number of rotatable bonds is 12. The zero-order chi connectivity index (χ0) is 32.9. The van der Waals surface area contributed by atoms with Crippen LogP contribution >= 0.6 is 0 Å². The van der Waals surface area contributed by atoms with Crippen LogP contribution in [0, 0.1) is 12.3 Å². The van der Waals surface area contributed by atoms with Gasteiger partial charge in [-0.25, -0.2) is 14.4 Å². The van der Waals surface area contributed by atoms with Crippen LogP contribution in [0.15, 0.2) is 77.0 Å². The molecule has 46 heavy (non-hydrogen) atoms. The summed E-state index contributed by atoms with van der Waals surface area (Å²) in [7, 11) is 0. The van der Waals surface area contributed by atoms with E-state index in [1.807, 2.05) is 48.5 Å². The number of carboxylic acids is 1. The molecule has 0 spiro atoms. The van der Waals surface area contributed by atoms with Crippen LogP contribution in [0.4, 0.5) is 22.8 Å². The molecule has 0 aromatic heterocycles. The number of benzene rings is 3. The van der Waals surface area contributed by atoms with Gasteiger partial charge in [-0.1, -0.05) is 66.6 Å². The summed E-state index contributed by atoms with van der Waals surface area (Å²) in [6.45, 7) is -0.416. The third kappa shape index (κ3) is 6.81. The fourth-order valence-electron chi connectivity index (χ4n) is 5.32. The minimum absolute atomic E-state index is 0.0368. The number of ether oxygens (including phenoxy) is 3. The molecule has 1 aliphatic heterocycles. The van der Waals surface area contributed by atoms with Gasteiger partial charge in [0.25, 0.3) is 0 Å². The molecular formula is C33H28F3N3O7. The average molecular weight is 636 g/mol. The molecule has 0 saturated carbocycles. The summed E-state index contributed by atoms with van der Waals surface area (Å²) in [6.07, 6.45) is -0.582. The average Bonchev–Trinajstić information content (AvgIpc) is 3.81. The van der Waals surface area contributed by atoms with Crippen LogP contribution in [0.25, 0.3) is 11.1 Å². The van der Waals surface area contributed by atoms with Crippen molar-refractivity contribution < 1.29 is 46.9 Å². The molecule has 5 rings (SSSR count). The maximum absolute atomic E-state index is 13.3. The zero-order valence-corrected chi connectivity index (χ0v) is 24.3. The molecule has 1 aliphatic carbocycles. The molecular weight excluding hydrogens is 607 g/mol. The van der Waals surface area contributed by atoms with Crippen molar-refractivity contribution in [2.75, 3.05) is 13.2 Å². The standard InChI is InChI=1S/C33H28F3N3O7/c1-2-20-17-22(32(38-39-32)33(34,35)36)15-14-21(20)18-46-31(43)44-16-8-7-13-28(29(40)41)37-30(42)45-19-27-25-11-5-3-9-23(25)24-10-4-6-12-26(24)27/h1,3-6,9-12,14-15,17,27-28H,7-8,13,16,18-19H2,(H,37,42)(H,40,41). The Hall–Kier alpha value is -5.38. The Morgan fingerprint density at radius 3 is 2.20 bits per heavy atom. The highest BCUT2D eigenvalue weighted by Crippen LogP contribution is 2.52. The Balaban J connectivity index is 1.02. The number of amides is 1. The first-order chi connectivity index (χ1) is 22.0. The molecule has 2 N–H and O–H groups in total. The quantitative estimate of drug-likeness (QED) is 0.129. The Kier molecular flexibility index (Phi) is 9.27. The second kappa shape index (κ2) is 13.3. The Morgan fingerprint density at radius 2 is 1.61 bits per heavy atom. The van der Waals surface area contributed by atoms with Gasteiger partial charge in [-0.05, 0) is 47.6 Å². The lowest BCUT2D eigenvalue weighted by atomic mass is 9.97. The first-order valence-electron chi connectivity index (χ1n) is 14.3. The molecule has 0 fully saturated rings. The van der Waals surface area contributed by atoms with Gasteiger partial charge in [-0.2, -0.15) is 13.2 Å². The number of nitrogens with zero attached hydrogens (tertiary/aromatic N) is 2. The predicted octanol–water partition coefficient (Wildman–Crippen LogP) is 6.66. The Morgan fingerprint density at radius 1 is 0.957 bits per heavy atom. The van der Waals surface area contributed by atoms with Crippen LogP contribution in [-0.2, 0) is 31.3 Å². The van der Waals surface area contributed by atoms with Gasteiger partial charge in [0, 0.05) is 22.6 Å². The summed E-state index contributed by atoms with van der Waals surface area (Å²) in [5.41, 5.74) is 1.68. The van der Waals surface area contributed by atoms with Crippen molar-refractivity contribution in [2.24, 2.45) is 10.2 Å². The molecule has 3 aromatic rings. The fraction of sp³-hybridized carbons (Fsp3) is 0.303. The van der Waals surface area contributed by atoms with Gasteiger partial charge in [0.1, 0.15) is 19.3 Å². The third-order valence-electron chi connectivity index (χ3n) is 7.75. The first-order valence-corrected chi connectivity index (χ1v) is 14.3. The van der Waals surface area contributed by atoms with E-state index in [9.17, 15) is 32.7 Å². The molecule has 0 saturated heterocycles. The van der Waals surface area contributed by atoms with E-state index in [0.29, 0.717) is 0 Å². The molecule has 2 aliphatic rings. The number of unbranched alkanes of at least 4 members (excludes halogenated alkanes) is 1. The van der Waals surface area contributed by atoms with Gasteiger partial charge in [0.2, 0.25) is 0 Å². The van der Waals surface area contributed by atoms with Crippen LogP contribution in [0.2, 0.25) is 0 Å². The first kappa shape index (κ1) is 32.0. The van der Waals surface area contributed by atoms with Crippen molar-refractivity contribution in [1.29, 1.82) is 0 Å². The monoisotopic (exact) mass is 635 g/mol. The SMILES string of the molecule is C#Cc1cc(C2(C(F)(F)F)N=N2)ccc1COC(=O)OCCCCC(NC(=O)OCC1c2ccccc2-c2ccccc21)C(=O)O. The molecule has 1 atom stereocenters. The molecule has 13 heteroatoms. The van der Waals surface area contributed by atoms with Gasteiger partial charge < -0.3 is 24.6 Å². The number of halogens is 3. The largest absolute Gasteiger partial charge is 0.508 e. The van der Waals surface area contributed by atoms with Crippen molar-refractivity contribution in [2.45, 2.75) is 49.7 Å². The van der Waals surface area contributed by atoms with Crippen molar-refractivity contribution in [3.05, 3.63) is 94.5 Å². The molecule has 1 heterocycles. The summed E-state index contributed by atoms with van der Waals surface area (Å²) < 4.78 is 55.3. The highest BCUT2D eigenvalue weighted by Gasteiger charge is 2.65. The van der Waals surface area contributed by atoms with Crippen LogP contribution in [0.3, 0.4) is 0 Å². The lowest BCUT2D eigenvalue weighted by Gasteiger charge is -2.17. The number of terminal acetylenes is 1. The highest BCUT2D eigenvalue weighted by atomic mass is 19.4. The van der Waals surface area contributed by atoms with Crippen LogP contribution in [-0.4, -0.2) is 48.8 Å². The second-order valence-electron chi connectivity index (χ2n) is 10.6. The number of alkyl carbamates (subject to hydrolysis) is 1. The van der Waals surface area contributed by atoms with E-state index in [0.717, 1.165) is 34.4 Å². The normalized spacial score (nSPS) is 14.7. The maximum atomic E-state index is 13.3. The summed E-state index contributed by atoms with van der Waals surface area (Å²) in [6, 6.07) is 18.0. The minimum Gasteiger partial charge on any atom is -0.480 e. The number of carbonyl (C=O) groups is 3. The second-order valence-corrected chi connectivity index (χ2v) is 10.6. The number of aliphatic carboxylic acids is 1. The van der Waals surface area contributed by atoms with Gasteiger partial charge in [0.05, 0.1) is 6.61 Å². The van der Waals surface area contributed by atoms with E-state index in [2.05, 4.69) is 21.5 Å². The Bertz CT molecular complexity index is 1670. The van der Waals surface area contributed by atoms with Gasteiger partial charge >= 0.3 is 30.1 Å². The summed E-state index contributed by atoms with van der Waals surface area (Å²) in [5, 5.41) is 18.2. The van der Waals surface area contributed by atoms with Crippen LogP contribution < -0.4 is 5.32 Å². The van der Waals surface area contributed by atoms with E-state index in [1.54, 1.807) is 0 Å². The maximum Gasteiger partial charge on any atom is 0.508 e. The van der Waals surface area contributed by atoms with E-state index in [-0.39, 0.29) is 61.7 Å². The van der Waals surface area contributed by atoms with E-state index >= 15 is 0 Å². The number of alkyl halides is 3. The van der Waals surface area contributed by atoms with Crippen molar-refractivity contribution in [3.63, 3.8) is 0 Å². The lowest BCUT2D eigenvalue weighted by Crippen LogP contribution is -2.41. The molecule has 0 bridgehead atoms. The minimum atomic E-state index is -4.71. The number of nitrogens with one attached hydrogen (secondary N) is 1. The predicted molar refractivity (Wildman–Crippen MR) is 157 cm³/mol. The van der Waals surface area contributed by atoms with Crippen molar-refractivity contribution >= 4 is 18.2 Å². The molecule has 238 valence electrons. The van der Waals surface area contributed by atoms with Crippen molar-refractivity contribution in [1.82, 2.24) is 5.32 Å². The summed E-state index contributed by atoms with van der Waals surface area (Å²) in [4.78, 5) is 36.3. The van der Waals surface area contributed by atoms with Gasteiger partial charge in [0.15, 0.2) is 0 Å². The fourth-order valence-corrected chi connectivity index (χ4v) is 5.32. The molecule has 10 nitrogen and oxygen atoms in total. The number of carbonyl (C=O) groups excluding carboxylic acids is 2. The third-order valence-corrected chi connectivity index (χ3v) is 7.75. The van der Waals surface area contributed by atoms with Gasteiger partial charge in [-0.3, -0.25) is 0 Å².